The zero-order valence-corrected chi connectivity index (χ0v) is 15.0. The smallest absolute Gasteiger partial charge is 0.317 e. The van der Waals surface area contributed by atoms with E-state index in [1.165, 1.54) is 0 Å². The number of likely N-dealkylation sites (tertiary alicyclic amines) is 1. The summed E-state index contributed by atoms with van der Waals surface area (Å²) in [4.78, 5) is 30.3. The summed E-state index contributed by atoms with van der Waals surface area (Å²) in [6.07, 6.45) is 2.10. The largest absolute Gasteiger partial charge is 0.336 e. The molecule has 1 aromatic rings. The van der Waals surface area contributed by atoms with Crippen molar-refractivity contribution in [3.05, 3.63) is 30.3 Å². The summed E-state index contributed by atoms with van der Waals surface area (Å²) in [5.74, 6) is 0.706. The third-order valence-electron chi connectivity index (χ3n) is 5.17. The Morgan fingerprint density at radius 2 is 1.92 bits per heavy atom. The first kappa shape index (κ1) is 17.7. The highest BCUT2D eigenvalue weighted by Crippen LogP contribution is 2.20. The lowest BCUT2D eigenvalue weighted by molar-refractivity contribution is -0.120. The molecule has 6 heteroatoms. The Labute approximate surface area is 149 Å². The number of urea groups is 1. The minimum atomic E-state index is 0.0686. The van der Waals surface area contributed by atoms with Crippen LogP contribution in [0.5, 0.6) is 0 Å². The molecule has 6 nitrogen and oxygen atoms in total. The van der Waals surface area contributed by atoms with Gasteiger partial charge in [-0.2, -0.15) is 0 Å². The molecule has 1 aromatic carbocycles. The molecule has 2 aliphatic rings. The molecule has 2 fully saturated rings. The van der Waals surface area contributed by atoms with Crippen molar-refractivity contribution in [1.82, 2.24) is 15.1 Å². The highest BCUT2D eigenvalue weighted by Gasteiger charge is 2.27. The number of nitrogens with one attached hydrogen (secondary N) is 1. The maximum atomic E-state index is 12.7. The quantitative estimate of drug-likeness (QED) is 0.856. The van der Waals surface area contributed by atoms with E-state index in [4.69, 9.17) is 0 Å². The standard InChI is InChI=1S/C19H28N4O2/c1-2-23(17-6-4-3-5-7-17)18(24)15-21-11-8-16(9-12-21)14-22-13-10-20-19(22)25/h3-7,16H,2,8-15H2,1H3,(H,20,25). The average Bonchev–Trinajstić information content (AvgIpc) is 3.03. The number of carbonyl (C=O) groups excluding carboxylic acids is 2. The normalized spacial score (nSPS) is 19.1. The highest BCUT2D eigenvalue weighted by atomic mass is 16.2. The van der Waals surface area contributed by atoms with Crippen LogP contribution in [0, 0.1) is 5.92 Å². The van der Waals surface area contributed by atoms with Crippen molar-refractivity contribution in [2.75, 3.05) is 50.7 Å². The number of carbonyl (C=O) groups is 2. The lowest BCUT2D eigenvalue weighted by atomic mass is 9.96. The number of nitrogens with zero attached hydrogens (tertiary/aromatic N) is 3. The van der Waals surface area contributed by atoms with Gasteiger partial charge in [0.05, 0.1) is 6.54 Å². The van der Waals surface area contributed by atoms with E-state index in [1.54, 1.807) is 0 Å². The van der Waals surface area contributed by atoms with Crippen LogP contribution in [-0.2, 0) is 4.79 Å². The molecule has 0 atom stereocenters. The molecule has 2 aliphatic heterocycles. The monoisotopic (exact) mass is 344 g/mol. The lowest BCUT2D eigenvalue weighted by Crippen LogP contribution is -2.45. The predicted octanol–water partition coefficient (Wildman–Crippen LogP) is 1.78. The topological polar surface area (TPSA) is 55.9 Å². The number of para-hydroxylation sites is 1. The van der Waals surface area contributed by atoms with E-state index in [9.17, 15) is 9.59 Å². The van der Waals surface area contributed by atoms with Gasteiger partial charge < -0.3 is 15.1 Å². The molecular weight excluding hydrogens is 316 g/mol. The predicted molar refractivity (Wildman–Crippen MR) is 98.6 cm³/mol. The van der Waals surface area contributed by atoms with Gasteiger partial charge in [0.15, 0.2) is 0 Å². The van der Waals surface area contributed by atoms with Gasteiger partial charge in [0, 0.05) is 31.9 Å². The average molecular weight is 344 g/mol. The van der Waals surface area contributed by atoms with Gasteiger partial charge in [-0.15, -0.1) is 0 Å². The van der Waals surface area contributed by atoms with Gasteiger partial charge in [-0.25, -0.2) is 4.79 Å². The van der Waals surface area contributed by atoms with Gasteiger partial charge in [-0.1, -0.05) is 18.2 Å². The van der Waals surface area contributed by atoms with Crippen LogP contribution in [0.2, 0.25) is 0 Å². The molecule has 0 unspecified atom stereocenters. The number of piperidine rings is 1. The van der Waals surface area contributed by atoms with Gasteiger partial charge in [0.1, 0.15) is 0 Å². The first-order valence-corrected chi connectivity index (χ1v) is 9.28. The lowest BCUT2D eigenvalue weighted by Gasteiger charge is -2.34. The van der Waals surface area contributed by atoms with E-state index in [0.29, 0.717) is 19.0 Å². The second kappa shape index (κ2) is 8.34. The van der Waals surface area contributed by atoms with Crippen LogP contribution >= 0.6 is 0 Å². The molecule has 1 N–H and O–H groups in total. The van der Waals surface area contributed by atoms with Crippen molar-refractivity contribution >= 4 is 17.6 Å². The first-order chi connectivity index (χ1) is 12.2. The number of likely N-dealkylation sites (N-methyl/N-ethyl adjacent to an activating group) is 1. The van der Waals surface area contributed by atoms with Crippen LogP contribution in [0.25, 0.3) is 0 Å². The Morgan fingerprint density at radius 1 is 1.20 bits per heavy atom. The van der Waals surface area contributed by atoms with E-state index in [0.717, 1.165) is 51.3 Å². The zero-order chi connectivity index (χ0) is 17.6. The third-order valence-corrected chi connectivity index (χ3v) is 5.17. The van der Waals surface area contributed by atoms with E-state index in [2.05, 4.69) is 10.2 Å². The molecule has 2 saturated heterocycles. The Balaban J connectivity index is 1.46. The van der Waals surface area contributed by atoms with Crippen LogP contribution in [0.1, 0.15) is 19.8 Å². The molecule has 0 spiro atoms. The fourth-order valence-electron chi connectivity index (χ4n) is 3.71. The minimum absolute atomic E-state index is 0.0686. The van der Waals surface area contributed by atoms with Crippen molar-refractivity contribution in [3.63, 3.8) is 0 Å². The molecule has 0 aliphatic carbocycles. The van der Waals surface area contributed by atoms with Gasteiger partial charge in [-0.05, 0) is 50.9 Å². The molecule has 3 amide bonds. The van der Waals surface area contributed by atoms with Crippen LogP contribution in [0.3, 0.4) is 0 Å². The van der Waals surface area contributed by atoms with E-state index >= 15 is 0 Å². The number of anilines is 1. The maximum Gasteiger partial charge on any atom is 0.317 e. The van der Waals surface area contributed by atoms with Crippen LogP contribution in [-0.4, -0.2) is 67.6 Å². The molecule has 0 aromatic heterocycles. The van der Waals surface area contributed by atoms with Crippen molar-refractivity contribution in [1.29, 1.82) is 0 Å². The SMILES string of the molecule is CCN(C(=O)CN1CCC(CN2CCNC2=O)CC1)c1ccccc1. The second-order valence-corrected chi connectivity index (χ2v) is 6.87. The van der Waals surface area contributed by atoms with Crippen LogP contribution in [0.15, 0.2) is 30.3 Å². The number of benzene rings is 1. The maximum absolute atomic E-state index is 12.7. The zero-order valence-electron chi connectivity index (χ0n) is 15.0. The molecule has 0 bridgehead atoms. The highest BCUT2D eigenvalue weighted by molar-refractivity contribution is 5.94. The van der Waals surface area contributed by atoms with E-state index < -0.39 is 0 Å². The Kier molecular flexibility index (Phi) is 5.91. The summed E-state index contributed by atoms with van der Waals surface area (Å²) >= 11 is 0. The number of hydrogen-bond acceptors (Lipinski definition) is 3. The molecule has 0 radical (unpaired) electrons. The fraction of sp³-hybridized carbons (Fsp3) is 0.579. The number of rotatable bonds is 6. The summed E-state index contributed by atoms with van der Waals surface area (Å²) in [6, 6.07) is 9.92. The summed E-state index contributed by atoms with van der Waals surface area (Å²) in [6.45, 7) is 7.45. The van der Waals surface area contributed by atoms with Gasteiger partial charge in [0.2, 0.25) is 5.91 Å². The van der Waals surface area contributed by atoms with Crippen LogP contribution < -0.4 is 10.2 Å². The van der Waals surface area contributed by atoms with Gasteiger partial charge in [-0.3, -0.25) is 9.69 Å². The summed E-state index contributed by atoms with van der Waals surface area (Å²) < 4.78 is 0. The Morgan fingerprint density at radius 3 is 2.52 bits per heavy atom. The van der Waals surface area contributed by atoms with Gasteiger partial charge >= 0.3 is 6.03 Å². The van der Waals surface area contributed by atoms with E-state index in [-0.39, 0.29) is 11.9 Å². The molecule has 2 heterocycles. The minimum Gasteiger partial charge on any atom is -0.336 e. The number of amides is 3. The molecular formula is C19H28N4O2. The van der Waals surface area contributed by atoms with Crippen molar-refractivity contribution in [2.24, 2.45) is 5.92 Å². The first-order valence-electron chi connectivity index (χ1n) is 9.28. The summed E-state index contributed by atoms with van der Waals surface area (Å²) in [7, 11) is 0. The molecule has 136 valence electrons. The van der Waals surface area contributed by atoms with Crippen molar-refractivity contribution in [3.8, 4) is 0 Å². The Bertz CT molecular complexity index is 584. The van der Waals surface area contributed by atoms with E-state index in [1.807, 2.05) is 47.1 Å². The molecule has 3 rings (SSSR count). The fourth-order valence-corrected chi connectivity index (χ4v) is 3.71. The molecule has 0 saturated carbocycles. The van der Waals surface area contributed by atoms with Crippen LogP contribution in [0.4, 0.5) is 10.5 Å². The van der Waals surface area contributed by atoms with Crippen molar-refractivity contribution < 1.29 is 9.59 Å². The third kappa shape index (κ3) is 4.51. The second-order valence-electron chi connectivity index (χ2n) is 6.87. The molecule has 25 heavy (non-hydrogen) atoms. The summed E-state index contributed by atoms with van der Waals surface area (Å²) in [5, 5.41) is 2.85. The summed E-state index contributed by atoms with van der Waals surface area (Å²) in [5.41, 5.74) is 0.963. The van der Waals surface area contributed by atoms with Gasteiger partial charge in [0.25, 0.3) is 0 Å². The Hall–Kier alpha value is -2.08. The van der Waals surface area contributed by atoms with Crippen molar-refractivity contribution in [2.45, 2.75) is 19.8 Å². The number of hydrogen-bond donors (Lipinski definition) is 1.